The molecule has 0 aliphatic rings. The topological polar surface area (TPSA) is 78.9 Å². The van der Waals surface area contributed by atoms with Crippen LogP contribution in [0.2, 0.25) is 0 Å². The molecule has 0 aliphatic heterocycles. The SMILES string of the molecule is CCCCCCCCCC(=O)OC[C@@H](COC(=O)CCCCCCCCCCCCCCCCCCCCC(C)C)OC(=O)CCCCCCCCCCCCC(C)CC. The van der Waals surface area contributed by atoms with Gasteiger partial charge < -0.3 is 14.2 Å². The second-order valence-corrected chi connectivity index (χ2v) is 19.2. The summed E-state index contributed by atoms with van der Waals surface area (Å²) in [5.74, 6) is 0.873. The normalized spacial score (nSPS) is 12.5. The average molecular weight is 849 g/mol. The highest BCUT2D eigenvalue weighted by Crippen LogP contribution is 2.18. The molecule has 0 radical (unpaired) electrons. The molecule has 6 nitrogen and oxygen atoms in total. The highest BCUT2D eigenvalue weighted by Gasteiger charge is 2.19. The number of carbonyl (C=O) groups excluding carboxylic acids is 3. The zero-order valence-electron chi connectivity index (χ0n) is 41.1. The molecule has 0 heterocycles. The molecule has 0 N–H and O–H groups in total. The minimum absolute atomic E-state index is 0.0639. The van der Waals surface area contributed by atoms with Crippen LogP contribution in [0, 0.1) is 11.8 Å². The Balaban J connectivity index is 4.14. The summed E-state index contributed by atoms with van der Waals surface area (Å²) in [5.41, 5.74) is 0. The van der Waals surface area contributed by atoms with Gasteiger partial charge in [-0.25, -0.2) is 0 Å². The fraction of sp³-hybridized carbons (Fsp3) is 0.944. The molecule has 0 aromatic heterocycles. The third-order valence-electron chi connectivity index (χ3n) is 12.6. The molecule has 0 saturated heterocycles. The van der Waals surface area contributed by atoms with E-state index in [0.717, 1.165) is 69.6 Å². The van der Waals surface area contributed by atoms with Gasteiger partial charge in [0.05, 0.1) is 0 Å². The molecular weight excluding hydrogens is 745 g/mol. The first-order valence-electron chi connectivity index (χ1n) is 26.8. The van der Waals surface area contributed by atoms with Crippen LogP contribution in [0.15, 0.2) is 0 Å². The smallest absolute Gasteiger partial charge is 0.306 e. The number of rotatable bonds is 48. The molecule has 6 heteroatoms. The van der Waals surface area contributed by atoms with Gasteiger partial charge >= 0.3 is 17.9 Å². The third kappa shape index (κ3) is 45.9. The first-order valence-corrected chi connectivity index (χ1v) is 26.8. The molecule has 0 fully saturated rings. The number of esters is 3. The molecule has 0 saturated carbocycles. The van der Waals surface area contributed by atoms with Crippen molar-refractivity contribution in [2.45, 2.75) is 304 Å². The van der Waals surface area contributed by atoms with E-state index in [4.69, 9.17) is 14.2 Å². The molecular formula is C54H104O6. The van der Waals surface area contributed by atoms with Gasteiger partial charge in [-0.3, -0.25) is 14.4 Å². The molecule has 60 heavy (non-hydrogen) atoms. The predicted molar refractivity (Wildman–Crippen MR) is 256 cm³/mol. The van der Waals surface area contributed by atoms with Crippen LogP contribution in [-0.4, -0.2) is 37.2 Å². The summed E-state index contributed by atoms with van der Waals surface area (Å²) in [6, 6.07) is 0. The number of unbranched alkanes of at least 4 members (excludes halogenated alkanes) is 32. The molecule has 0 bridgehead atoms. The van der Waals surface area contributed by atoms with Crippen LogP contribution in [-0.2, 0) is 28.6 Å². The number of ether oxygens (including phenoxy) is 3. The molecule has 0 aromatic carbocycles. The summed E-state index contributed by atoms with van der Waals surface area (Å²) in [6.07, 6.45) is 48.2. The van der Waals surface area contributed by atoms with E-state index >= 15 is 0 Å². The van der Waals surface area contributed by atoms with E-state index in [0.29, 0.717) is 19.3 Å². The van der Waals surface area contributed by atoms with Crippen LogP contribution in [0.25, 0.3) is 0 Å². The van der Waals surface area contributed by atoms with Crippen molar-refractivity contribution in [1.82, 2.24) is 0 Å². The zero-order valence-corrected chi connectivity index (χ0v) is 41.1. The molecule has 0 spiro atoms. The van der Waals surface area contributed by atoms with E-state index in [2.05, 4.69) is 34.6 Å². The van der Waals surface area contributed by atoms with E-state index in [1.54, 1.807) is 0 Å². The second kappa shape index (κ2) is 46.9. The lowest BCUT2D eigenvalue weighted by Gasteiger charge is -2.18. The van der Waals surface area contributed by atoms with E-state index in [1.807, 2.05) is 0 Å². The fourth-order valence-corrected chi connectivity index (χ4v) is 8.13. The van der Waals surface area contributed by atoms with Gasteiger partial charge in [0.25, 0.3) is 0 Å². The monoisotopic (exact) mass is 849 g/mol. The van der Waals surface area contributed by atoms with Crippen LogP contribution < -0.4 is 0 Å². The van der Waals surface area contributed by atoms with Gasteiger partial charge in [0, 0.05) is 19.3 Å². The van der Waals surface area contributed by atoms with Crippen molar-refractivity contribution in [3.8, 4) is 0 Å². The minimum Gasteiger partial charge on any atom is -0.462 e. The first kappa shape index (κ1) is 58.4. The lowest BCUT2D eigenvalue weighted by molar-refractivity contribution is -0.167. The number of carbonyl (C=O) groups is 3. The standard InChI is InChI=1S/C54H104O6/c1-6-8-9-10-27-34-39-44-52(55)58-47-51(60-54(57)46-41-36-31-26-22-21-24-29-33-38-43-50(5)7-2)48-59-53(56)45-40-35-30-25-20-18-16-14-12-11-13-15-17-19-23-28-32-37-42-49(3)4/h49-51H,6-48H2,1-5H3/t50?,51-/m0/s1. The lowest BCUT2D eigenvalue weighted by Crippen LogP contribution is -2.30. The van der Waals surface area contributed by atoms with Gasteiger partial charge in [-0.05, 0) is 31.1 Å². The Labute approximate surface area is 374 Å². The maximum atomic E-state index is 12.8. The lowest BCUT2D eigenvalue weighted by atomic mass is 9.99. The van der Waals surface area contributed by atoms with Gasteiger partial charge in [0.15, 0.2) is 6.10 Å². The maximum absolute atomic E-state index is 12.8. The van der Waals surface area contributed by atoms with Gasteiger partial charge in [-0.1, -0.05) is 259 Å². The van der Waals surface area contributed by atoms with E-state index in [9.17, 15) is 14.4 Å². The average Bonchev–Trinajstić information content (AvgIpc) is 3.23. The van der Waals surface area contributed by atoms with Crippen molar-refractivity contribution in [3.63, 3.8) is 0 Å². The Morgan fingerprint density at radius 2 is 0.633 bits per heavy atom. The van der Waals surface area contributed by atoms with Crippen LogP contribution in [0.4, 0.5) is 0 Å². The molecule has 0 aromatic rings. The van der Waals surface area contributed by atoms with Crippen molar-refractivity contribution in [2.75, 3.05) is 13.2 Å². The molecule has 0 aliphatic carbocycles. The van der Waals surface area contributed by atoms with Crippen molar-refractivity contribution < 1.29 is 28.6 Å². The predicted octanol–water partition coefficient (Wildman–Crippen LogP) is 17.3. The molecule has 1 unspecified atom stereocenters. The molecule has 356 valence electrons. The second-order valence-electron chi connectivity index (χ2n) is 19.2. The minimum atomic E-state index is -0.760. The Morgan fingerprint density at radius 1 is 0.350 bits per heavy atom. The largest absolute Gasteiger partial charge is 0.462 e. The Hall–Kier alpha value is -1.59. The van der Waals surface area contributed by atoms with E-state index in [1.165, 1.54) is 186 Å². The summed E-state index contributed by atoms with van der Waals surface area (Å²) in [6.45, 7) is 11.4. The Kier molecular flexibility index (Phi) is 45.7. The summed E-state index contributed by atoms with van der Waals surface area (Å²) in [7, 11) is 0. The van der Waals surface area contributed by atoms with Crippen LogP contribution in [0.3, 0.4) is 0 Å². The summed E-state index contributed by atoms with van der Waals surface area (Å²) < 4.78 is 16.8. The summed E-state index contributed by atoms with van der Waals surface area (Å²) >= 11 is 0. The van der Waals surface area contributed by atoms with Gasteiger partial charge in [-0.2, -0.15) is 0 Å². The third-order valence-corrected chi connectivity index (χ3v) is 12.6. The maximum Gasteiger partial charge on any atom is 0.306 e. The van der Waals surface area contributed by atoms with Crippen molar-refractivity contribution in [3.05, 3.63) is 0 Å². The Morgan fingerprint density at radius 3 is 0.950 bits per heavy atom. The zero-order chi connectivity index (χ0) is 44.0. The van der Waals surface area contributed by atoms with Crippen LogP contribution in [0.5, 0.6) is 0 Å². The first-order chi connectivity index (χ1) is 29.3. The van der Waals surface area contributed by atoms with Gasteiger partial charge in [0.1, 0.15) is 13.2 Å². The van der Waals surface area contributed by atoms with Crippen LogP contribution in [0.1, 0.15) is 298 Å². The van der Waals surface area contributed by atoms with Gasteiger partial charge in [0.2, 0.25) is 0 Å². The van der Waals surface area contributed by atoms with E-state index < -0.39 is 6.10 Å². The van der Waals surface area contributed by atoms with Crippen LogP contribution >= 0.6 is 0 Å². The van der Waals surface area contributed by atoms with Crippen molar-refractivity contribution >= 4 is 17.9 Å². The quantitative estimate of drug-likeness (QED) is 0.0345. The fourth-order valence-electron chi connectivity index (χ4n) is 8.13. The molecule has 2 atom stereocenters. The molecule has 0 amide bonds. The van der Waals surface area contributed by atoms with Crippen molar-refractivity contribution in [2.24, 2.45) is 11.8 Å². The summed E-state index contributed by atoms with van der Waals surface area (Å²) in [4.78, 5) is 37.8. The van der Waals surface area contributed by atoms with Gasteiger partial charge in [-0.15, -0.1) is 0 Å². The van der Waals surface area contributed by atoms with E-state index in [-0.39, 0.29) is 31.1 Å². The Bertz CT molecular complexity index is 918. The number of hydrogen-bond acceptors (Lipinski definition) is 6. The molecule has 0 rings (SSSR count). The summed E-state index contributed by atoms with van der Waals surface area (Å²) in [5, 5.41) is 0. The number of hydrogen-bond donors (Lipinski definition) is 0. The highest BCUT2D eigenvalue weighted by atomic mass is 16.6. The van der Waals surface area contributed by atoms with Crippen molar-refractivity contribution in [1.29, 1.82) is 0 Å². The highest BCUT2D eigenvalue weighted by molar-refractivity contribution is 5.71.